The summed E-state index contributed by atoms with van der Waals surface area (Å²) in [7, 11) is 3.17. The molecule has 0 fully saturated rings. The summed E-state index contributed by atoms with van der Waals surface area (Å²) in [5.41, 5.74) is 1.12. The summed E-state index contributed by atoms with van der Waals surface area (Å²) in [6, 6.07) is 7.42. The Balaban J connectivity index is 1.79. The van der Waals surface area contributed by atoms with Crippen molar-refractivity contribution in [2.75, 3.05) is 39.2 Å². The molecule has 0 spiro atoms. The number of hydrogen-bond acceptors (Lipinski definition) is 7. The van der Waals surface area contributed by atoms with E-state index in [1.54, 1.807) is 19.6 Å². The number of anilines is 2. The number of benzene rings is 1. The molecule has 0 aliphatic rings. The number of thiazole rings is 1. The largest absolute Gasteiger partial charge is 0.497 e. The third kappa shape index (κ3) is 6.34. The predicted octanol–water partition coefficient (Wildman–Crippen LogP) is 1.78. The fourth-order valence-corrected chi connectivity index (χ4v) is 2.73. The SMILES string of the molecule is COCCNC(=O)CCNC(=O)c1csc(Nc2cccc(OC)c2)n1. The van der Waals surface area contributed by atoms with Gasteiger partial charge in [-0.05, 0) is 12.1 Å². The van der Waals surface area contributed by atoms with Crippen LogP contribution in [0.3, 0.4) is 0 Å². The van der Waals surface area contributed by atoms with Crippen molar-refractivity contribution in [2.24, 2.45) is 0 Å². The van der Waals surface area contributed by atoms with E-state index in [4.69, 9.17) is 9.47 Å². The van der Waals surface area contributed by atoms with Crippen LogP contribution in [0, 0.1) is 0 Å². The summed E-state index contributed by atoms with van der Waals surface area (Å²) in [6.07, 6.45) is 0.203. The average Bonchev–Trinajstić information content (AvgIpc) is 3.10. The molecule has 0 saturated carbocycles. The van der Waals surface area contributed by atoms with Crippen LogP contribution in [0.1, 0.15) is 16.9 Å². The molecule has 0 radical (unpaired) electrons. The van der Waals surface area contributed by atoms with Crippen LogP contribution < -0.4 is 20.7 Å². The van der Waals surface area contributed by atoms with Crippen LogP contribution in [0.15, 0.2) is 29.6 Å². The molecule has 2 rings (SSSR count). The Morgan fingerprint density at radius 1 is 1.19 bits per heavy atom. The van der Waals surface area contributed by atoms with Crippen molar-refractivity contribution in [3.63, 3.8) is 0 Å². The average molecular weight is 378 g/mol. The van der Waals surface area contributed by atoms with Crippen LogP contribution in [-0.2, 0) is 9.53 Å². The Hall–Kier alpha value is -2.65. The van der Waals surface area contributed by atoms with Crippen molar-refractivity contribution in [1.29, 1.82) is 0 Å². The molecular formula is C17H22N4O4S. The Labute approximate surface area is 155 Å². The normalized spacial score (nSPS) is 10.2. The number of nitrogens with zero attached hydrogens (tertiary/aromatic N) is 1. The molecule has 2 aromatic rings. The fourth-order valence-electron chi connectivity index (χ4n) is 2.02. The number of rotatable bonds is 10. The minimum Gasteiger partial charge on any atom is -0.497 e. The first kappa shape index (κ1) is 19.7. The van der Waals surface area contributed by atoms with Gasteiger partial charge in [0.1, 0.15) is 11.4 Å². The molecule has 3 N–H and O–H groups in total. The number of carbonyl (C=O) groups excluding carboxylic acids is 2. The third-order valence-corrected chi connectivity index (χ3v) is 4.08. The minimum absolute atomic E-state index is 0.138. The zero-order chi connectivity index (χ0) is 18.8. The first-order valence-corrected chi connectivity index (χ1v) is 8.90. The molecule has 0 atom stereocenters. The maximum atomic E-state index is 12.1. The lowest BCUT2D eigenvalue weighted by atomic mass is 10.3. The maximum absolute atomic E-state index is 12.1. The highest BCUT2D eigenvalue weighted by Crippen LogP contribution is 2.23. The molecule has 0 aliphatic carbocycles. The van der Waals surface area contributed by atoms with Crippen LogP contribution >= 0.6 is 11.3 Å². The van der Waals surface area contributed by atoms with Crippen molar-refractivity contribution in [2.45, 2.75) is 6.42 Å². The van der Waals surface area contributed by atoms with Crippen LogP contribution in [0.4, 0.5) is 10.8 Å². The van der Waals surface area contributed by atoms with Crippen molar-refractivity contribution >= 4 is 34.0 Å². The van der Waals surface area contributed by atoms with Gasteiger partial charge in [-0.25, -0.2) is 4.98 Å². The number of ether oxygens (including phenoxy) is 2. The Bertz CT molecular complexity index is 735. The summed E-state index contributed by atoms with van der Waals surface area (Å²) in [5, 5.41) is 10.8. The van der Waals surface area contributed by atoms with E-state index in [-0.39, 0.29) is 24.8 Å². The molecule has 0 bridgehead atoms. The van der Waals surface area contributed by atoms with Crippen molar-refractivity contribution in [3.8, 4) is 5.75 Å². The lowest BCUT2D eigenvalue weighted by Crippen LogP contribution is -2.32. The second-order valence-corrected chi connectivity index (χ2v) is 6.10. The van der Waals surface area contributed by atoms with E-state index in [1.165, 1.54) is 11.3 Å². The smallest absolute Gasteiger partial charge is 0.270 e. The molecule has 1 aromatic carbocycles. The van der Waals surface area contributed by atoms with Gasteiger partial charge in [-0.2, -0.15) is 0 Å². The van der Waals surface area contributed by atoms with E-state index in [2.05, 4.69) is 20.9 Å². The van der Waals surface area contributed by atoms with Gasteiger partial charge in [0, 0.05) is 43.8 Å². The topological polar surface area (TPSA) is 102 Å². The predicted molar refractivity (Wildman–Crippen MR) is 100 cm³/mol. The van der Waals surface area contributed by atoms with Gasteiger partial charge in [0.05, 0.1) is 13.7 Å². The van der Waals surface area contributed by atoms with Crippen LogP contribution in [0.25, 0.3) is 0 Å². The summed E-state index contributed by atoms with van der Waals surface area (Å²) in [6.45, 7) is 1.16. The summed E-state index contributed by atoms with van der Waals surface area (Å²) >= 11 is 1.32. The molecule has 2 amide bonds. The Kier molecular flexibility index (Phi) is 7.84. The maximum Gasteiger partial charge on any atom is 0.270 e. The fraction of sp³-hybridized carbons (Fsp3) is 0.353. The summed E-state index contributed by atoms with van der Waals surface area (Å²) in [4.78, 5) is 27.9. The molecule has 1 heterocycles. The van der Waals surface area contributed by atoms with Crippen LogP contribution in [0.5, 0.6) is 5.75 Å². The standard InChI is InChI=1S/C17H22N4O4S/c1-24-9-8-18-15(22)6-7-19-16(23)14-11-26-17(21-14)20-12-4-3-5-13(10-12)25-2/h3-5,10-11H,6-9H2,1-2H3,(H,18,22)(H,19,23)(H,20,21). The van der Waals surface area contributed by atoms with Gasteiger partial charge in [0.25, 0.3) is 5.91 Å². The summed E-state index contributed by atoms with van der Waals surface area (Å²) < 4.78 is 10.0. The zero-order valence-electron chi connectivity index (χ0n) is 14.7. The highest BCUT2D eigenvalue weighted by atomic mass is 32.1. The molecule has 0 aliphatic heterocycles. The van der Waals surface area contributed by atoms with E-state index >= 15 is 0 Å². The second-order valence-electron chi connectivity index (χ2n) is 5.24. The second kappa shape index (κ2) is 10.4. The number of hydrogen-bond donors (Lipinski definition) is 3. The van der Waals surface area contributed by atoms with Gasteiger partial charge in [-0.3, -0.25) is 9.59 Å². The first-order chi connectivity index (χ1) is 12.6. The lowest BCUT2D eigenvalue weighted by molar-refractivity contribution is -0.121. The minimum atomic E-state index is -0.315. The van der Waals surface area contributed by atoms with Gasteiger partial charge in [0.15, 0.2) is 5.13 Å². The van der Waals surface area contributed by atoms with Gasteiger partial charge < -0.3 is 25.4 Å². The van der Waals surface area contributed by atoms with Gasteiger partial charge in [-0.1, -0.05) is 6.07 Å². The number of nitrogens with one attached hydrogen (secondary N) is 3. The van der Waals surface area contributed by atoms with E-state index in [0.29, 0.717) is 24.0 Å². The molecule has 9 heteroatoms. The van der Waals surface area contributed by atoms with Gasteiger partial charge in [-0.15, -0.1) is 11.3 Å². The molecular weight excluding hydrogens is 356 g/mol. The number of methoxy groups -OCH3 is 2. The van der Waals surface area contributed by atoms with Gasteiger partial charge in [0.2, 0.25) is 5.91 Å². The van der Waals surface area contributed by atoms with Gasteiger partial charge >= 0.3 is 0 Å². The Morgan fingerprint density at radius 2 is 2.04 bits per heavy atom. The third-order valence-electron chi connectivity index (χ3n) is 3.32. The highest BCUT2D eigenvalue weighted by molar-refractivity contribution is 7.14. The molecule has 26 heavy (non-hydrogen) atoms. The molecule has 8 nitrogen and oxygen atoms in total. The monoisotopic (exact) mass is 378 g/mol. The molecule has 0 saturated heterocycles. The van der Waals surface area contributed by atoms with E-state index in [1.807, 2.05) is 24.3 Å². The molecule has 1 aromatic heterocycles. The first-order valence-electron chi connectivity index (χ1n) is 8.03. The number of carbonyl (C=O) groups is 2. The lowest BCUT2D eigenvalue weighted by Gasteiger charge is -2.06. The number of aromatic nitrogens is 1. The van der Waals surface area contributed by atoms with E-state index in [0.717, 1.165) is 11.4 Å². The summed E-state index contributed by atoms with van der Waals surface area (Å²) in [5.74, 6) is 0.277. The van der Waals surface area contributed by atoms with Crippen molar-refractivity contribution < 1.29 is 19.1 Å². The van der Waals surface area contributed by atoms with Crippen LogP contribution in [0.2, 0.25) is 0 Å². The zero-order valence-corrected chi connectivity index (χ0v) is 15.5. The van der Waals surface area contributed by atoms with Crippen LogP contribution in [-0.4, -0.2) is 50.7 Å². The number of amides is 2. The quantitative estimate of drug-likeness (QED) is 0.545. The Morgan fingerprint density at radius 3 is 2.81 bits per heavy atom. The molecule has 140 valence electrons. The van der Waals surface area contributed by atoms with E-state index in [9.17, 15) is 9.59 Å². The highest BCUT2D eigenvalue weighted by Gasteiger charge is 2.11. The van der Waals surface area contributed by atoms with Crippen molar-refractivity contribution in [3.05, 3.63) is 35.3 Å². The van der Waals surface area contributed by atoms with Crippen molar-refractivity contribution in [1.82, 2.24) is 15.6 Å². The molecule has 0 unspecified atom stereocenters. The van der Waals surface area contributed by atoms with E-state index < -0.39 is 0 Å².